The third kappa shape index (κ3) is 3.47. The van der Waals surface area contributed by atoms with Gasteiger partial charge < -0.3 is 9.47 Å². The van der Waals surface area contributed by atoms with Crippen LogP contribution in [0.15, 0.2) is 24.3 Å². The SMILES string of the molecule is CC1CCC(COc2cccc(C(C)C)c2)O1. The summed E-state index contributed by atoms with van der Waals surface area (Å²) in [6.45, 7) is 7.19. The summed E-state index contributed by atoms with van der Waals surface area (Å²) in [7, 11) is 0. The van der Waals surface area contributed by atoms with E-state index < -0.39 is 0 Å². The van der Waals surface area contributed by atoms with Crippen LogP contribution in [0.2, 0.25) is 0 Å². The summed E-state index contributed by atoms with van der Waals surface area (Å²) < 4.78 is 11.5. The molecule has 1 fully saturated rings. The second kappa shape index (κ2) is 5.54. The molecule has 1 aliphatic rings. The summed E-state index contributed by atoms with van der Waals surface area (Å²) in [5.74, 6) is 1.50. The van der Waals surface area contributed by atoms with Crippen LogP contribution < -0.4 is 4.74 Å². The maximum Gasteiger partial charge on any atom is 0.119 e. The fourth-order valence-electron chi connectivity index (χ4n) is 2.16. The third-order valence-corrected chi connectivity index (χ3v) is 3.28. The maximum atomic E-state index is 5.80. The molecule has 0 spiro atoms. The minimum Gasteiger partial charge on any atom is -0.491 e. The zero-order valence-corrected chi connectivity index (χ0v) is 11.0. The van der Waals surface area contributed by atoms with Gasteiger partial charge >= 0.3 is 0 Å². The van der Waals surface area contributed by atoms with E-state index in [1.807, 2.05) is 6.07 Å². The first-order chi connectivity index (χ1) is 8.15. The molecule has 2 rings (SSSR count). The van der Waals surface area contributed by atoms with Crippen LogP contribution in [0.25, 0.3) is 0 Å². The Morgan fingerprint density at radius 1 is 1.35 bits per heavy atom. The number of hydrogen-bond acceptors (Lipinski definition) is 2. The first kappa shape index (κ1) is 12.4. The number of rotatable bonds is 4. The first-order valence-electron chi connectivity index (χ1n) is 6.53. The zero-order valence-electron chi connectivity index (χ0n) is 11.0. The van der Waals surface area contributed by atoms with Gasteiger partial charge in [0.1, 0.15) is 12.4 Å². The Bertz CT molecular complexity index is 360. The summed E-state index contributed by atoms with van der Waals surface area (Å²) in [5.41, 5.74) is 1.32. The summed E-state index contributed by atoms with van der Waals surface area (Å²) in [5, 5.41) is 0. The number of benzene rings is 1. The van der Waals surface area contributed by atoms with Crippen molar-refractivity contribution in [3.05, 3.63) is 29.8 Å². The van der Waals surface area contributed by atoms with Crippen LogP contribution in [0.3, 0.4) is 0 Å². The lowest BCUT2D eigenvalue weighted by molar-refractivity contribution is 0.0264. The highest BCUT2D eigenvalue weighted by Gasteiger charge is 2.22. The van der Waals surface area contributed by atoms with Crippen molar-refractivity contribution < 1.29 is 9.47 Å². The lowest BCUT2D eigenvalue weighted by Gasteiger charge is -2.14. The van der Waals surface area contributed by atoms with Gasteiger partial charge in [0, 0.05) is 0 Å². The van der Waals surface area contributed by atoms with Crippen molar-refractivity contribution in [2.45, 2.75) is 51.7 Å². The molecule has 1 aliphatic heterocycles. The molecular formula is C15H22O2. The van der Waals surface area contributed by atoms with Crippen molar-refractivity contribution in [1.82, 2.24) is 0 Å². The van der Waals surface area contributed by atoms with E-state index in [4.69, 9.17) is 9.47 Å². The minimum atomic E-state index is 0.271. The van der Waals surface area contributed by atoms with E-state index in [0.717, 1.165) is 18.6 Å². The van der Waals surface area contributed by atoms with Gasteiger partial charge in [0.25, 0.3) is 0 Å². The van der Waals surface area contributed by atoms with Crippen LogP contribution in [-0.2, 0) is 4.74 Å². The molecule has 2 nitrogen and oxygen atoms in total. The Morgan fingerprint density at radius 3 is 2.82 bits per heavy atom. The fourth-order valence-corrected chi connectivity index (χ4v) is 2.16. The zero-order chi connectivity index (χ0) is 12.3. The molecule has 0 aromatic heterocycles. The lowest BCUT2D eigenvalue weighted by atomic mass is 10.0. The van der Waals surface area contributed by atoms with Crippen molar-refractivity contribution in [3.8, 4) is 5.75 Å². The van der Waals surface area contributed by atoms with E-state index in [1.165, 1.54) is 5.56 Å². The second-order valence-corrected chi connectivity index (χ2v) is 5.18. The molecule has 0 amide bonds. The van der Waals surface area contributed by atoms with Crippen molar-refractivity contribution in [2.75, 3.05) is 6.61 Å². The van der Waals surface area contributed by atoms with Crippen LogP contribution in [0.5, 0.6) is 5.75 Å². The predicted molar refractivity (Wildman–Crippen MR) is 69.6 cm³/mol. The topological polar surface area (TPSA) is 18.5 Å². The van der Waals surface area contributed by atoms with Crippen molar-refractivity contribution in [2.24, 2.45) is 0 Å². The molecule has 2 heteroatoms. The molecule has 0 N–H and O–H groups in total. The average molecular weight is 234 g/mol. The number of hydrogen-bond donors (Lipinski definition) is 0. The van der Waals surface area contributed by atoms with Gasteiger partial charge in [-0.3, -0.25) is 0 Å². The van der Waals surface area contributed by atoms with Gasteiger partial charge in [0.2, 0.25) is 0 Å². The maximum absolute atomic E-state index is 5.80. The average Bonchev–Trinajstić information content (AvgIpc) is 2.73. The smallest absolute Gasteiger partial charge is 0.119 e. The van der Waals surface area contributed by atoms with Crippen LogP contribution in [0.4, 0.5) is 0 Å². The summed E-state index contributed by atoms with van der Waals surface area (Å²) >= 11 is 0. The summed E-state index contributed by atoms with van der Waals surface area (Å²) in [4.78, 5) is 0. The second-order valence-electron chi connectivity index (χ2n) is 5.18. The van der Waals surface area contributed by atoms with Crippen LogP contribution >= 0.6 is 0 Å². The molecule has 0 bridgehead atoms. The molecule has 1 aromatic rings. The molecular weight excluding hydrogens is 212 g/mol. The predicted octanol–water partition coefficient (Wildman–Crippen LogP) is 3.76. The van der Waals surface area contributed by atoms with Gasteiger partial charge in [0.15, 0.2) is 0 Å². The molecule has 0 aliphatic carbocycles. The van der Waals surface area contributed by atoms with Gasteiger partial charge in [0.05, 0.1) is 12.2 Å². The molecule has 94 valence electrons. The van der Waals surface area contributed by atoms with E-state index in [-0.39, 0.29) is 6.10 Å². The van der Waals surface area contributed by atoms with E-state index in [2.05, 4.69) is 39.0 Å². The van der Waals surface area contributed by atoms with E-state index in [9.17, 15) is 0 Å². The standard InChI is InChI=1S/C15H22O2/c1-11(2)13-5-4-6-14(9-13)16-10-15-8-7-12(3)17-15/h4-6,9,11-12,15H,7-8,10H2,1-3H3. The van der Waals surface area contributed by atoms with Crippen molar-refractivity contribution in [1.29, 1.82) is 0 Å². The molecule has 1 aromatic carbocycles. The monoisotopic (exact) mass is 234 g/mol. The van der Waals surface area contributed by atoms with Gasteiger partial charge in [-0.25, -0.2) is 0 Å². The lowest BCUT2D eigenvalue weighted by Crippen LogP contribution is -2.17. The third-order valence-electron chi connectivity index (χ3n) is 3.28. The largest absolute Gasteiger partial charge is 0.491 e. The van der Waals surface area contributed by atoms with Crippen LogP contribution in [0, 0.1) is 0 Å². The Labute approximate surface area is 104 Å². The van der Waals surface area contributed by atoms with Gasteiger partial charge in [-0.05, 0) is 43.4 Å². The Balaban J connectivity index is 1.88. The van der Waals surface area contributed by atoms with Crippen molar-refractivity contribution in [3.63, 3.8) is 0 Å². The Morgan fingerprint density at radius 2 is 2.18 bits per heavy atom. The first-order valence-corrected chi connectivity index (χ1v) is 6.53. The Hall–Kier alpha value is -1.02. The van der Waals surface area contributed by atoms with E-state index in [1.54, 1.807) is 0 Å². The molecule has 0 radical (unpaired) electrons. The van der Waals surface area contributed by atoms with Gasteiger partial charge in [-0.15, -0.1) is 0 Å². The van der Waals surface area contributed by atoms with Crippen molar-refractivity contribution >= 4 is 0 Å². The molecule has 1 heterocycles. The highest BCUT2D eigenvalue weighted by molar-refractivity contribution is 5.30. The summed E-state index contributed by atoms with van der Waals surface area (Å²) in [6.07, 6.45) is 2.93. The highest BCUT2D eigenvalue weighted by Crippen LogP contribution is 2.23. The molecule has 2 unspecified atom stereocenters. The molecule has 2 atom stereocenters. The van der Waals surface area contributed by atoms with Crippen LogP contribution in [-0.4, -0.2) is 18.8 Å². The van der Waals surface area contributed by atoms with E-state index >= 15 is 0 Å². The Kier molecular flexibility index (Phi) is 4.06. The minimum absolute atomic E-state index is 0.271. The quantitative estimate of drug-likeness (QED) is 0.789. The van der Waals surface area contributed by atoms with Gasteiger partial charge in [-0.1, -0.05) is 26.0 Å². The fraction of sp³-hybridized carbons (Fsp3) is 0.600. The number of ether oxygens (including phenoxy) is 2. The van der Waals surface area contributed by atoms with Gasteiger partial charge in [-0.2, -0.15) is 0 Å². The summed E-state index contributed by atoms with van der Waals surface area (Å²) in [6, 6.07) is 8.35. The van der Waals surface area contributed by atoms with E-state index in [0.29, 0.717) is 18.6 Å². The highest BCUT2D eigenvalue weighted by atomic mass is 16.5. The molecule has 1 saturated heterocycles. The molecule has 0 saturated carbocycles. The molecule has 17 heavy (non-hydrogen) atoms. The normalized spacial score (nSPS) is 24.2. The van der Waals surface area contributed by atoms with Crippen LogP contribution in [0.1, 0.15) is 45.1 Å².